The topological polar surface area (TPSA) is 46.1 Å². The molecule has 0 amide bonds. The molecule has 4 rings (SSSR count). The Morgan fingerprint density at radius 2 is 2.27 bits per heavy atom. The van der Waals surface area contributed by atoms with Gasteiger partial charge in [0.2, 0.25) is 0 Å². The van der Waals surface area contributed by atoms with Gasteiger partial charge in [0.1, 0.15) is 5.69 Å². The Kier molecular flexibility index (Phi) is 5.05. The molecular formula is C20H20BrN3OS. The van der Waals surface area contributed by atoms with E-state index in [4.69, 9.17) is 0 Å². The van der Waals surface area contributed by atoms with Gasteiger partial charge in [-0.25, -0.2) is 4.98 Å². The van der Waals surface area contributed by atoms with Gasteiger partial charge in [0.15, 0.2) is 5.78 Å². The maximum atomic E-state index is 12.9. The second kappa shape index (κ2) is 7.45. The van der Waals surface area contributed by atoms with Gasteiger partial charge < -0.3 is 4.90 Å². The van der Waals surface area contributed by atoms with Gasteiger partial charge in [0.05, 0.1) is 14.7 Å². The highest BCUT2D eigenvalue weighted by atomic mass is 79.9. The lowest BCUT2D eigenvalue weighted by atomic mass is 9.98. The molecule has 1 aliphatic heterocycles. The minimum atomic E-state index is 0.0318. The van der Waals surface area contributed by atoms with Crippen LogP contribution in [0.1, 0.15) is 35.8 Å². The zero-order valence-electron chi connectivity index (χ0n) is 14.6. The monoisotopic (exact) mass is 429 g/mol. The van der Waals surface area contributed by atoms with Gasteiger partial charge in [0, 0.05) is 48.5 Å². The smallest absolute Gasteiger partial charge is 0.185 e. The fraction of sp³-hybridized carbons (Fsp3) is 0.350. The Bertz CT molecular complexity index is 955. The van der Waals surface area contributed by atoms with E-state index in [-0.39, 0.29) is 5.78 Å². The van der Waals surface area contributed by atoms with Gasteiger partial charge >= 0.3 is 0 Å². The van der Waals surface area contributed by atoms with Crippen molar-refractivity contribution in [2.45, 2.75) is 26.2 Å². The number of anilines is 1. The number of ketones is 1. The fourth-order valence-electron chi connectivity index (χ4n) is 3.58. The van der Waals surface area contributed by atoms with Gasteiger partial charge in [-0.3, -0.25) is 9.78 Å². The van der Waals surface area contributed by atoms with Crippen LogP contribution >= 0.6 is 27.3 Å². The van der Waals surface area contributed by atoms with Crippen molar-refractivity contribution in [1.29, 1.82) is 0 Å². The molecule has 134 valence electrons. The lowest BCUT2D eigenvalue weighted by Gasteiger charge is -2.34. The molecule has 3 aromatic heterocycles. The molecule has 1 fully saturated rings. The van der Waals surface area contributed by atoms with Crippen LogP contribution in [0.3, 0.4) is 0 Å². The molecule has 1 saturated heterocycles. The third kappa shape index (κ3) is 3.53. The summed E-state index contributed by atoms with van der Waals surface area (Å²) in [6.07, 6.45) is 6.44. The lowest BCUT2D eigenvalue weighted by molar-refractivity contribution is 0.0988. The third-order valence-corrected chi connectivity index (χ3v) is 6.73. The van der Waals surface area contributed by atoms with E-state index in [0.29, 0.717) is 18.0 Å². The Morgan fingerprint density at radius 1 is 1.38 bits per heavy atom. The highest BCUT2D eigenvalue weighted by Crippen LogP contribution is 2.30. The molecule has 0 unspecified atom stereocenters. The summed E-state index contributed by atoms with van der Waals surface area (Å²) in [6.45, 7) is 4.37. The average Bonchev–Trinajstić information content (AvgIpc) is 3.02. The molecule has 0 aromatic carbocycles. The lowest BCUT2D eigenvalue weighted by Crippen LogP contribution is -2.35. The molecule has 0 N–H and O–H groups in total. The van der Waals surface area contributed by atoms with Crippen LogP contribution in [0.5, 0.6) is 0 Å². The number of aromatic nitrogens is 2. The molecule has 6 heteroatoms. The van der Waals surface area contributed by atoms with Crippen molar-refractivity contribution >= 4 is 49.0 Å². The number of hydrogen-bond acceptors (Lipinski definition) is 5. The average molecular weight is 430 g/mol. The number of rotatable bonds is 4. The molecular weight excluding hydrogens is 410 g/mol. The van der Waals surface area contributed by atoms with Crippen LogP contribution < -0.4 is 4.90 Å². The summed E-state index contributed by atoms with van der Waals surface area (Å²) in [6, 6.07) is 5.83. The number of carbonyl (C=O) groups excluding carboxylic acids is 1. The van der Waals surface area contributed by atoms with Crippen molar-refractivity contribution in [2.75, 3.05) is 18.0 Å². The number of carbonyl (C=O) groups is 1. The number of piperidine rings is 1. The largest absolute Gasteiger partial charge is 0.371 e. The molecule has 1 aliphatic rings. The van der Waals surface area contributed by atoms with E-state index in [9.17, 15) is 4.79 Å². The molecule has 0 spiro atoms. The van der Waals surface area contributed by atoms with Crippen LogP contribution in [0.4, 0.5) is 5.69 Å². The van der Waals surface area contributed by atoms with Crippen molar-refractivity contribution < 1.29 is 4.79 Å². The first-order chi connectivity index (χ1) is 12.6. The molecule has 0 saturated carbocycles. The van der Waals surface area contributed by atoms with Gasteiger partial charge in [-0.2, -0.15) is 0 Å². The van der Waals surface area contributed by atoms with E-state index in [1.54, 1.807) is 11.3 Å². The number of thiophene rings is 1. The molecule has 3 aromatic rings. The standard InChI is InChI=1S/C20H20BrN3OS/c1-13-3-2-8-24(11-13)17-6-7-22-10-14(17)9-18(25)16-4-5-19-20(23-16)15(21)12-26-19/h4-7,10,12-13H,2-3,8-9,11H2,1H3/t13-/m0/s1. The summed E-state index contributed by atoms with van der Waals surface area (Å²) in [5.74, 6) is 0.713. The first-order valence-corrected chi connectivity index (χ1v) is 10.5. The Labute approximate surface area is 165 Å². The van der Waals surface area contributed by atoms with Crippen molar-refractivity contribution in [3.63, 3.8) is 0 Å². The summed E-state index contributed by atoms with van der Waals surface area (Å²) in [5, 5.41) is 2.00. The summed E-state index contributed by atoms with van der Waals surface area (Å²) >= 11 is 5.13. The zero-order valence-corrected chi connectivity index (χ0v) is 17.0. The van der Waals surface area contributed by atoms with Gasteiger partial charge in [0.25, 0.3) is 0 Å². The Hall–Kier alpha value is -1.79. The summed E-state index contributed by atoms with van der Waals surface area (Å²) in [5.41, 5.74) is 3.49. The quantitative estimate of drug-likeness (QED) is 0.540. The highest BCUT2D eigenvalue weighted by Gasteiger charge is 2.20. The van der Waals surface area contributed by atoms with Crippen LogP contribution in [0.25, 0.3) is 10.2 Å². The number of hydrogen-bond donors (Lipinski definition) is 0. The van der Waals surface area contributed by atoms with E-state index in [0.717, 1.165) is 39.0 Å². The van der Waals surface area contributed by atoms with Gasteiger partial charge in [-0.05, 0) is 52.9 Å². The van der Waals surface area contributed by atoms with Crippen LogP contribution in [0.15, 0.2) is 40.4 Å². The minimum Gasteiger partial charge on any atom is -0.371 e. The molecule has 4 heterocycles. The van der Waals surface area contributed by atoms with Crippen LogP contribution in [0, 0.1) is 5.92 Å². The normalized spacial score (nSPS) is 17.6. The van der Waals surface area contributed by atoms with Crippen LogP contribution in [-0.4, -0.2) is 28.8 Å². The van der Waals surface area contributed by atoms with E-state index < -0.39 is 0 Å². The van der Waals surface area contributed by atoms with Gasteiger partial charge in [-0.1, -0.05) is 6.92 Å². The summed E-state index contributed by atoms with van der Waals surface area (Å²) in [4.78, 5) is 24.1. The highest BCUT2D eigenvalue weighted by molar-refractivity contribution is 9.10. The number of fused-ring (bicyclic) bond motifs is 1. The maximum absolute atomic E-state index is 12.9. The second-order valence-corrected chi connectivity index (χ2v) is 8.69. The van der Waals surface area contributed by atoms with Crippen LogP contribution in [0.2, 0.25) is 0 Å². The number of Topliss-reactive ketones (excluding diaryl/α,β-unsaturated/α-hetero) is 1. The van der Waals surface area contributed by atoms with E-state index in [1.165, 1.54) is 12.8 Å². The van der Waals surface area contributed by atoms with Gasteiger partial charge in [-0.15, -0.1) is 11.3 Å². The van der Waals surface area contributed by atoms with Crippen molar-refractivity contribution in [3.8, 4) is 0 Å². The third-order valence-electron chi connectivity index (χ3n) is 4.89. The maximum Gasteiger partial charge on any atom is 0.185 e. The first-order valence-electron chi connectivity index (χ1n) is 8.86. The molecule has 26 heavy (non-hydrogen) atoms. The predicted molar refractivity (Wildman–Crippen MR) is 110 cm³/mol. The van der Waals surface area contributed by atoms with E-state index >= 15 is 0 Å². The number of halogens is 1. The zero-order chi connectivity index (χ0) is 18.1. The SMILES string of the molecule is C[C@H]1CCCN(c2ccncc2CC(=O)c2ccc3scc(Br)c3n2)C1. The van der Waals surface area contributed by atoms with Crippen molar-refractivity contribution in [3.05, 3.63) is 51.7 Å². The van der Waals surface area contributed by atoms with Crippen LogP contribution in [-0.2, 0) is 6.42 Å². The summed E-state index contributed by atoms with van der Waals surface area (Å²) in [7, 11) is 0. The number of pyridine rings is 2. The van der Waals surface area contributed by atoms with E-state index in [2.05, 4.69) is 37.7 Å². The Morgan fingerprint density at radius 3 is 3.12 bits per heavy atom. The molecule has 0 bridgehead atoms. The minimum absolute atomic E-state index is 0.0318. The van der Waals surface area contributed by atoms with Crippen molar-refractivity contribution in [1.82, 2.24) is 9.97 Å². The fourth-order valence-corrected chi connectivity index (χ4v) is 5.04. The Balaban J connectivity index is 1.60. The predicted octanol–water partition coefficient (Wildman–Crippen LogP) is 5.12. The molecule has 0 radical (unpaired) electrons. The molecule has 0 aliphatic carbocycles. The summed E-state index contributed by atoms with van der Waals surface area (Å²) < 4.78 is 2.02. The molecule has 1 atom stereocenters. The molecule has 4 nitrogen and oxygen atoms in total. The number of nitrogens with zero attached hydrogens (tertiary/aromatic N) is 3. The first kappa shape index (κ1) is 17.6. The van der Waals surface area contributed by atoms with E-state index in [1.807, 2.05) is 36.0 Å². The second-order valence-electron chi connectivity index (χ2n) is 6.92. The van der Waals surface area contributed by atoms with Crippen molar-refractivity contribution in [2.24, 2.45) is 5.92 Å².